The lowest BCUT2D eigenvalue weighted by Gasteiger charge is -2.13. The lowest BCUT2D eigenvalue weighted by Crippen LogP contribution is -2.30. The predicted molar refractivity (Wildman–Crippen MR) is 124 cm³/mol. The van der Waals surface area contributed by atoms with Crippen molar-refractivity contribution in [3.63, 3.8) is 0 Å². The quantitative estimate of drug-likeness (QED) is 0.326. The van der Waals surface area contributed by atoms with Crippen LogP contribution in [0, 0.1) is 6.92 Å². The number of amides is 4. The van der Waals surface area contributed by atoms with E-state index in [1.54, 1.807) is 12.1 Å². The molecule has 1 aliphatic heterocycles. The molecular formula is C23H22BrN3O5. The summed E-state index contributed by atoms with van der Waals surface area (Å²) >= 11 is 3.43. The number of carbonyl (C=O) groups is 3. The third kappa shape index (κ3) is 5.36. The Hall–Kier alpha value is -3.59. The Morgan fingerprint density at radius 2 is 1.94 bits per heavy atom. The van der Waals surface area contributed by atoms with Gasteiger partial charge in [-0.15, -0.1) is 6.58 Å². The molecule has 0 saturated carbocycles. The van der Waals surface area contributed by atoms with Gasteiger partial charge in [-0.25, -0.2) is 4.79 Å². The number of aryl methyl sites for hydroxylation is 1. The van der Waals surface area contributed by atoms with E-state index in [0.717, 1.165) is 10.5 Å². The second-order valence-electron chi connectivity index (χ2n) is 6.92. The molecule has 1 heterocycles. The molecule has 8 nitrogen and oxygen atoms in total. The van der Waals surface area contributed by atoms with E-state index in [2.05, 4.69) is 33.1 Å². The summed E-state index contributed by atoms with van der Waals surface area (Å²) in [6, 6.07) is 10.2. The van der Waals surface area contributed by atoms with E-state index >= 15 is 0 Å². The van der Waals surface area contributed by atoms with Gasteiger partial charge in [0.15, 0.2) is 18.1 Å². The van der Waals surface area contributed by atoms with Gasteiger partial charge >= 0.3 is 6.03 Å². The molecule has 1 saturated heterocycles. The number of nitrogens with one attached hydrogen (secondary N) is 2. The van der Waals surface area contributed by atoms with Crippen molar-refractivity contribution >= 4 is 45.5 Å². The molecular weight excluding hydrogens is 478 g/mol. The molecule has 1 aliphatic rings. The molecule has 4 amide bonds. The highest BCUT2D eigenvalue weighted by atomic mass is 79.9. The van der Waals surface area contributed by atoms with Crippen molar-refractivity contribution < 1.29 is 23.9 Å². The average Bonchev–Trinajstić information content (AvgIpc) is 3.03. The van der Waals surface area contributed by atoms with Gasteiger partial charge in [0.2, 0.25) is 0 Å². The fourth-order valence-corrected chi connectivity index (χ4v) is 3.37. The Balaban J connectivity index is 1.73. The highest BCUT2D eigenvalue weighted by Gasteiger charge is 2.32. The topological polar surface area (TPSA) is 97.0 Å². The van der Waals surface area contributed by atoms with Crippen molar-refractivity contribution in [3.8, 4) is 11.5 Å². The van der Waals surface area contributed by atoms with Crippen LogP contribution >= 0.6 is 15.9 Å². The molecule has 0 unspecified atom stereocenters. The summed E-state index contributed by atoms with van der Waals surface area (Å²) in [7, 11) is 1.47. The van der Waals surface area contributed by atoms with Gasteiger partial charge in [0.25, 0.3) is 11.8 Å². The maximum absolute atomic E-state index is 12.4. The standard InChI is InChI=1S/C23H22BrN3O5/c1-4-9-27-22(29)18(26-23(27)30)10-15-11-19(31-3)20(12-17(15)24)32-13-21(28)25-16-7-5-14(2)6-8-16/h4-8,10-12H,1,9,13H2,2-3H3,(H,25,28)(H,26,30)/b18-10+. The molecule has 0 spiro atoms. The van der Waals surface area contributed by atoms with Crippen LogP contribution in [0.2, 0.25) is 0 Å². The number of ether oxygens (including phenoxy) is 2. The number of benzene rings is 2. The zero-order chi connectivity index (χ0) is 23.3. The average molecular weight is 500 g/mol. The van der Waals surface area contributed by atoms with Crippen LogP contribution in [-0.4, -0.2) is 43.0 Å². The third-order valence-electron chi connectivity index (χ3n) is 4.55. The molecule has 0 bridgehead atoms. The Labute approximate surface area is 194 Å². The number of rotatable bonds is 8. The van der Waals surface area contributed by atoms with E-state index in [1.807, 2.05) is 31.2 Å². The van der Waals surface area contributed by atoms with Crippen LogP contribution in [0.3, 0.4) is 0 Å². The number of hydrogen-bond donors (Lipinski definition) is 2. The van der Waals surface area contributed by atoms with Crippen molar-refractivity contribution in [1.29, 1.82) is 0 Å². The summed E-state index contributed by atoms with van der Waals surface area (Å²) in [5.74, 6) is -0.0628. The Morgan fingerprint density at radius 3 is 2.59 bits per heavy atom. The van der Waals surface area contributed by atoms with Gasteiger partial charge in [0.1, 0.15) is 5.70 Å². The zero-order valence-electron chi connectivity index (χ0n) is 17.6. The van der Waals surface area contributed by atoms with Gasteiger partial charge in [0.05, 0.1) is 7.11 Å². The molecule has 0 aliphatic carbocycles. The minimum atomic E-state index is -0.510. The molecule has 3 rings (SSSR count). The van der Waals surface area contributed by atoms with E-state index in [0.29, 0.717) is 27.2 Å². The molecule has 9 heteroatoms. The Kier molecular flexibility index (Phi) is 7.32. The largest absolute Gasteiger partial charge is 0.493 e. The van der Waals surface area contributed by atoms with Crippen molar-refractivity contribution in [2.45, 2.75) is 6.92 Å². The van der Waals surface area contributed by atoms with Crippen LogP contribution in [0.5, 0.6) is 11.5 Å². The molecule has 2 N–H and O–H groups in total. The maximum Gasteiger partial charge on any atom is 0.329 e. The number of methoxy groups -OCH3 is 1. The van der Waals surface area contributed by atoms with E-state index in [9.17, 15) is 14.4 Å². The molecule has 0 radical (unpaired) electrons. The summed E-state index contributed by atoms with van der Waals surface area (Å²) in [6.07, 6.45) is 3.00. The van der Waals surface area contributed by atoms with Gasteiger partial charge in [-0.05, 0) is 42.8 Å². The van der Waals surface area contributed by atoms with Gasteiger partial charge in [-0.3, -0.25) is 14.5 Å². The highest BCUT2D eigenvalue weighted by Crippen LogP contribution is 2.35. The van der Waals surface area contributed by atoms with Crippen LogP contribution in [0.15, 0.2) is 59.2 Å². The van der Waals surface area contributed by atoms with Crippen LogP contribution in [-0.2, 0) is 9.59 Å². The summed E-state index contributed by atoms with van der Waals surface area (Å²) in [6.45, 7) is 5.40. The second-order valence-corrected chi connectivity index (χ2v) is 7.77. The van der Waals surface area contributed by atoms with E-state index in [-0.39, 0.29) is 24.8 Å². The predicted octanol–water partition coefficient (Wildman–Crippen LogP) is 3.86. The second kappa shape index (κ2) is 10.1. The Morgan fingerprint density at radius 1 is 1.22 bits per heavy atom. The number of anilines is 1. The van der Waals surface area contributed by atoms with Crippen LogP contribution in [0.25, 0.3) is 6.08 Å². The SMILES string of the molecule is C=CCN1C(=O)N/C(=C/c2cc(OC)c(OCC(=O)Nc3ccc(C)cc3)cc2Br)C1=O. The van der Waals surface area contributed by atoms with Crippen molar-refractivity contribution in [1.82, 2.24) is 10.2 Å². The van der Waals surface area contributed by atoms with Crippen LogP contribution in [0.4, 0.5) is 10.5 Å². The third-order valence-corrected chi connectivity index (χ3v) is 5.24. The number of urea groups is 1. The summed E-state index contributed by atoms with van der Waals surface area (Å²) in [4.78, 5) is 37.6. The minimum absolute atomic E-state index is 0.115. The van der Waals surface area contributed by atoms with Crippen LogP contribution in [0.1, 0.15) is 11.1 Å². The van der Waals surface area contributed by atoms with E-state index in [4.69, 9.17) is 9.47 Å². The number of hydrogen-bond acceptors (Lipinski definition) is 5. The zero-order valence-corrected chi connectivity index (χ0v) is 19.2. The molecule has 0 atom stereocenters. The van der Waals surface area contributed by atoms with Crippen molar-refractivity contribution in [3.05, 3.63) is 70.3 Å². The number of halogens is 1. The lowest BCUT2D eigenvalue weighted by molar-refractivity contribution is -0.122. The van der Waals surface area contributed by atoms with Crippen LogP contribution < -0.4 is 20.1 Å². The molecule has 32 heavy (non-hydrogen) atoms. The summed E-state index contributed by atoms with van der Waals surface area (Å²) in [5.41, 5.74) is 2.48. The highest BCUT2D eigenvalue weighted by molar-refractivity contribution is 9.10. The first-order valence-electron chi connectivity index (χ1n) is 9.64. The first kappa shape index (κ1) is 23.1. The summed E-state index contributed by atoms with van der Waals surface area (Å²) in [5, 5.41) is 5.30. The number of imide groups is 1. The van der Waals surface area contributed by atoms with E-state index in [1.165, 1.54) is 19.3 Å². The molecule has 0 aromatic heterocycles. The molecule has 2 aromatic rings. The monoisotopic (exact) mass is 499 g/mol. The van der Waals surface area contributed by atoms with Gasteiger partial charge in [-0.1, -0.05) is 39.7 Å². The van der Waals surface area contributed by atoms with Crippen molar-refractivity contribution in [2.24, 2.45) is 0 Å². The minimum Gasteiger partial charge on any atom is -0.493 e. The first-order chi connectivity index (χ1) is 15.3. The first-order valence-corrected chi connectivity index (χ1v) is 10.4. The smallest absolute Gasteiger partial charge is 0.329 e. The fourth-order valence-electron chi connectivity index (χ4n) is 2.93. The molecule has 1 fully saturated rings. The fraction of sp³-hybridized carbons (Fsp3) is 0.174. The van der Waals surface area contributed by atoms with E-state index < -0.39 is 11.9 Å². The van der Waals surface area contributed by atoms with Gasteiger partial charge in [-0.2, -0.15) is 0 Å². The Bertz CT molecular complexity index is 1100. The van der Waals surface area contributed by atoms with Gasteiger partial charge < -0.3 is 20.1 Å². The number of carbonyl (C=O) groups excluding carboxylic acids is 3. The number of nitrogens with zero attached hydrogens (tertiary/aromatic N) is 1. The normalized spacial score (nSPS) is 14.3. The summed E-state index contributed by atoms with van der Waals surface area (Å²) < 4.78 is 11.6. The lowest BCUT2D eigenvalue weighted by atomic mass is 10.1. The maximum atomic E-state index is 12.4. The molecule has 166 valence electrons. The van der Waals surface area contributed by atoms with Gasteiger partial charge in [0, 0.05) is 16.7 Å². The molecule has 2 aromatic carbocycles. The van der Waals surface area contributed by atoms with Crippen molar-refractivity contribution in [2.75, 3.05) is 25.6 Å².